The molecule has 2 amide bonds. The topological polar surface area (TPSA) is 55.6 Å². The Bertz CT molecular complexity index is 666. The lowest BCUT2D eigenvalue weighted by Gasteiger charge is -2.39. The molecule has 2 aliphatic heterocycles. The van der Waals surface area contributed by atoms with Crippen LogP contribution in [0.1, 0.15) is 42.9 Å². The largest absolute Gasteiger partial charge is 0.365 e. The maximum Gasteiger partial charge on any atom is 0.315 e. The summed E-state index contributed by atoms with van der Waals surface area (Å²) < 4.78 is 6.59. The van der Waals surface area contributed by atoms with Gasteiger partial charge in [0.2, 0.25) is 0 Å². The third kappa shape index (κ3) is 3.27. The average Bonchev–Trinajstić information content (AvgIpc) is 2.92. The number of nitrogens with zero attached hydrogens (tertiary/aromatic N) is 1. The van der Waals surface area contributed by atoms with Gasteiger partial charge in [-0.1, -0.05) is 60.7 Å². The van der Waals surface area contributed by atoms with Gasteiger partial charge in [-0.25, -0.2) is 4.79 Å². The molecule has 2 N–H and O–H groups in total. The molecule has 2 saturated heterocycles. The highest BCUT2D eigenvalue weighted by Gasteiger charge is 2.43. The van der Waals surface area contributed by atoms with Crippen LogP contribution in [0.25, 0.3) is 0 Å². The second kappa shape index (κ2) is 6.89. The Kier molecular flexibility index (Phi) is 4.45. The number of fused-ring (bicyclic) bond motifs is 2. The Balaban J connectivity index is 1.55. The van der Waals surface area contributed by atoms with Crippen molar-refractivity contribution >= 4 is 6.03 Å². The summed E-state index contributed by atoms with van der Waals surface area (Å²) in [5.74, 6) is 0. The van der Waals surface area contributed by atoms with Crippen molar-refractivity contribution in [3.8, 4) is 0 Å². The minimum Gasteiger partial charge on any atom is -0.365 e. The Morgan fingerprint density at radius 2 is 1.40 bits per heavy atom. The summed E-state index contributed by atoms with van der Waals surface area (Å²) in [7, 11) is 0. The lowest BCUT2D eigenvalue weighted by atomic mass is 9.97. The summed E-state index contributed by atoms with van der Waals surface area (Å²) in [6.07, 6.45) is 3.89. The zero-order valence-electron chi connectivity index (χ0n) is 14.3. The van der Waals surface area contributed by atoms with Crippen LogP contribution in [0.3, 0.4) is 0 Å². The third-order valence-corrected chi connectivity index (χ3v) is 5.48. The number of urea groups is 1. The van der Waals surface area contributed by atoms with Crippen LogP contribution in [0, 0.1) is 0 Å². The van der Waals surface area contributed by atoms with Gasteiger partial charge in [0.25, 0.3) is 0 Å². The molecular weight excluding hydrogens is 312 g/mol. The van der Waals surface area contributed by atoms with Crippen molar-refractivity contribution in [1.82, 2.24) is 4.90 Å². The number of carbonyl (C=O) groups excluding carboxylic acids is 1. The van der Waals surface area contributed by atoms with E-state index in [0.29, 0.717) is 0 Å². The summed E-state index contributed by atoms with van der Waals surface area (Å²) >= 11 is 0. The fourth-order valence-electron chi connectivity index (χ4n) is 4.40. The summed E-state index contributed by atoms with van der Waals surface area (Å²) in [4.78, 5) is 13.6. The van der Waals surface area contributed by atoms with E-state index in [2.05, 4.69) is 24.3 Å². The van der Waals surface area contributed by atoms with Crippen LogP contribution in [0.2, 0.25) is 0 Å². The van der Waals surface area contributed by atoms with Crippen molar-refractivity contribution in [1.29, 1.82) is 0 Å². The molecule has 2 bridgehead atoms. The van der Waals surface area contributed by atoms with Crippen molar-refractivity contribution in [3.05, 3.63) is 71.8 Å². The second-order valence-electron chi connectivity index (χ2n) is 7.06. The van der Waals surface area contributed by atoms with E-state index in [4.69, 9.17) is 10.5 Å². The van der Waals surface area contributed by atoms with Crippen molar-refractivity contribution in [2.24, 2.45) is 5.73 Å². The van der Waals surface area contributed by atoms with Gasteiger partial charge < -0.3 is 15.4 Å². The first-order chi connectivity index (χ1) is 12.2. The molecule has 2 fully saturated rings. The van der Waals surface area contributed by atoms with Gasteiger partial charge in [0.1, 0.15) is 6.10 Å². The number of ether oxygens (including phenoxy) is 1. The van der Waals surface area contributed by atoms with E-state index in [1.165, 1.54) is 11.1 Å². The molecule has 4 rings (SSSR count). The normalized spacial score (nSPS) is 25.3. The highest BCUT2D eigenvalue weighted by molar-refractivity contribution is 5.73. The van der Waals surface area contributed by atoms with Crippen LogP contribution in [0.15, 0.2) is 60.7 Å². The van der Waals surface area contributed by atoms with Crippen LogP contribution in [0.4, 0.5) is 4.79 Å². The van der Waals surface area contributed by atoms with Gasteiger partial charge in [-0.05, 0) is 36.8 Å². The first-order valence-corrected chi connectivity index (χ1v) is 9.05. The maximum absolute atomic E-state index is 11.7. The standard InChI is InChI=1S/C21H24N2O2/c22-21(24)23-17-11-12-18(23)14-19(13-17)25-20(15-7-3-1-4-8-15)16-9-5-2-6-10-16/h1-10,17-20H,11-14H2,(H2,22,24). The van der Waals surface area contributed by atoms with Crippen LogP contribution >= 0.6 is 0 Å². The second-order valence-corrected chi connectivity index (χ2v) is 7.06. The van der Waals surface area contributed by atoms with Crippen molar-refractivity contribution < 1.29 is 9.53 Å². The minimum absolute atomic E-state index is 0.0769. The van der Waals surface area contributed by atoms with Crippen molar-refractivity contribution in [2.75, 3.05) is 0 Å². The number of hydrogen-bond donors (Lipinski definition) is 1. The molecule has 130 valence electrons. The van der Waals surface area contributed by atoms with Crippen LogP contribution in [-0.4, -0.2) is 29.1 Å². The Hall–Kier alpha value is -2.33. The van der Waals surface area contributed by atoms with Crippen LogP contribution in [0.5, 0.6) is 0 Å². The number of hydrogen-bond acceptors (Lipinski definition) is 2. The van der Waals surface area contributed by atoms with Gasteiger partial charge in [0.15, 0.2) is 0 Å². The van der Waals surface area contributed by atoms with E-state index in [1.54, 1.807) is 0 Å². The molecule has 0 spiro atoms. The summed E-state index contributed by atoms with van der Waals surface area (Å²) in [6.45, 7) is 0. The summed E-state index contributed by atoms with van der Waals surface area (Å²) in [5, 5.41) is 0. The highest BCUT2D eigenvalue weighted by atomic mass is 16.5. The lowest BCUT2D eigenvalue weighted by molar-refractivity contribution is -0.0381. The summed E-state index contributed by atoms with van der Waals surface area (Å²) in [5.41, 5.74) is 7.89. The van der Waals surface area contributed by atoms with Gasteiger partial charge >= 0.3 is 6.03 Å². The zero-order chi connectivity index (χ0) is 17.2. The first kappa shape index (κ1) is 16.2. The average molecular weight is 336 g/mol. The van der Waals surface area contributed by atoms with E-state index in [-0.39, 0.29) is 30.3 Å². The summed E-state index contributed by atoms with van der Waals surface area (Å²) in [6, 6.07) is 20.9. The van der Waals surface area contributed by atoms with Gasteiger partial charge in [0.05, 0.1) is 6.10 Å². The first-order valence-electron chi connectivity index (χ1n) is 9.05. The quantitative estimate of drug-likeness (QED) is 0.921. The molecular formula is C21H24N2O2. The smallest absolute Gasteiger partial charge is 0.315 e. The SMILES string of the molecule is NC(=O)N1C2CCC1CC(OC(c1ccccc1)c1ccccc1)C2. The predicted molar refractivity (Wildman–Crippen MR) is 97.1 cm³/mol. The van der Waals surface area contributed by atoms with E-state index >= 15 is 0 Å². The highest BCUT2D eigenvalue weighted by Crippen LogP contribution is 2.39. The van der Waals surface area contributed by atoms with Gasteiger partial charge in [-0.15, -0.1) is 0 Å². The Morgan fingerprint density at radius 3 is 1.84 bits per heavy atom. The molecule has 2 heterocycles. The molecule has 4 nitrogen and oxygen atoms in total. The van der Waals surface area contributed by atoms with E-state index in [9.17, 15) is 4.79 Å². The molecule has 2 aromatic rings. The number of rotatable bonds is 4. The number of amides is 2. The molecule has 0 radical (unpaired) electrons. The zero-order valence-corrected chi connectivity index (χ0v) is 14.3. The predicted octanol–water partition coefficient (Wildman–Crippen LogP) is 3.87. The Morgan fingerprint density at radius 1 is 0.920 bits per heavy atom. The van der Waals surface area contributed by atoms with Crippen molar-refractivity contribution in [3.63, 3.8) is 0 Å². The minimum atomic E-state index is -0.284. The number of piperidine rings is 1. The third-order valence-electron chi connectivity index (χ3n) is 5.48. The molecule has 0 aliphatic carbocycles. The molecule has 4 heteroatoms. The van der Waals surface area contributed by atoms with E-state index in [1.807, 2.05) is 41.3 Å². The van der Waals surface area contributed by atoms with Gasteiger partial charge in [-0.3, -0.25) is 0 Å². The Labute approximate surface area is 148 Å². The van der Waals surface area contributed by atoms with E-state index in [0.717, 1.165) is 25.7 Å². The van der Waals surface area contributed by atoms with Crippen LogP contribution < -0.4 is 5.73 Å². The molecule has 0 aromatic heterocycles. The van der Waals surface area contributed by atoms with Crippen LogP contribution in [-0.2, 0) is 4.74 Å². The number of nitrogens with two attached hydrogens (primary N) is 1. The number of benzene rings is 2. The number of carbonyl (C=O) groups is 1. The monoisotopic (exact) mass is 336 g/mol. The molecule has 2 aromatic carbocycles. The lowest BCUT2D eigenvalue weighted by Crippen LogP contribution is -2.50. The number of primary amides is 1. The fourth-order valence-corrected chi connectivity index (χ4v) is 4.40. The van der Waals surface area contributed by atoms with Gasteiger partial charge in [0, 0.05) is 12.1 Å². The van der Waals surface area contributed by atoms with E-state index < -0.39 is 0 Å². The molecule has 2 aliphatic rings. The van der Waals surface area contributed by atoms with Gasteiger partial charge in [-0.2, -0.15) is 0 Å². The maximum atomic E-state index is 11.7. The fraction of sp³-hybridized carbons (Fsp3) is 0.381. The molecule has 0 saturated carbocycles. The van der Waals surface area contributed by atoms with Crippen molar-refractivity contribution in [2.45, 2.75) is 50.0 Å². The molecule has 2 atom stereocenters. The molecule has 25 heavy (non-hydrogen) atoms. The molecule has 2 unspecified atom stereocenters.